The third-order valence-electron chi connectivity index (χ3n) is 2.11. The van der Waals surface area contributed by atoms with E-state index >= 15 is 0 Å². The van der Waals surface area contributed by atoms with Crippen LogP contribution in [0.2, 0.25) is 0 Å². The number of hydrogen-bond acceptors (Lipinski definition) is 3. The van der Waals surface area contributed by atoms with E-state index in [0.717, 1.165) is 16.9 Å². The van der Waals surface area contributed by atoms with Crippen molar-refractivity contribution in [1.82, 2.24) is 4.90 Å². The Morgan fingerprint density at radius 3 is 2.75 bits per heavy atom. The molecule has 0 bridgehead atoms. The van der Waals surface area contributed by atoms with Crippen molar-refractivity contribution in [3.63, 3.8) is 0 Å². The van der Waals surface area contributed by atoms with E-state index in [0.29, 0.717) is 6.54 Å². The Bertz CT molecular complexity index is 362. The first-order valence-electron chi connectivity index (χ1n) is 5.10. The van der Waals surface area contributed by atoms with Crippen LogP contribution in [-0.2, 0) is 13.2 Å². The number of hydrogen-bond donors (Lipinski definition) is 1. The van der Waals surface area contributed by atoms with E-state index in [-0.39, 0.29) is 6.61 Å². The Morgan fingerprint density at radius 1 is 1.44 bits per heavy atom. The molecule has 1 rings (SSSR count). The molecule has 0 saturated carbocycles. The number of aliphatic imine (C=N–C) groups is 1. The Labute approximate surface area is 96.2 Å². The predicted octanol–water partition coefficient (Wildman–Crippen LogP) is 1.28. The van der Waals surface area contributed by atoms with E-state index in [9.17, 15) is 0 Å². The van der Waals surface area contributed by atoms with Gasteiger partial charge in [-0.25, -0.2) is 0 Å². The number of methoxy groups -OCH3 is 1. The molecule has 1 N–H and O–H groups in total. The van der Waals surface area contributed by atoms with Crippen LogP contribution in [0.4, 0.5) is 0 Å². The molecule has 4 heteroatoms. The zero-order valence-corrected chi connectivity index (χ0v) is 9.97. The highest BCUT2D eigenvalue weighted by Gasteiger charge is 2.02. The third kappa shape index (κ3) is 3.55. The summed E-state index contributed by atoms with van der Waals surface area (Å²) in [7, 11) is 5.47. The van der Waals surface area contributed by atoms with Crippen molar-refractivity contribution >= 4 is 6.34 Å². The fourth-order valence-electron chi connectivity index (χ4n) is 1.32. The first-order chi connectivity index (χ1) is 7.67. The lowest BCUT2D eigenvalue weighted by Crippen LogP contribution is -2.07. The van der Waals surface area contributed by atoms with Crippen molar-refractivity contribution in [2.45, 2.75) is 13.2 Å². The summed E-state index contributed by atoms with van der Waals surface area (Å²) in [6.45, 7) is 0.602. The van der Waals surface area contributed by atoms with Gasteiger partial charge >= 0.3 is 0 Å². The lowest BCUT2D eigenvalue weighted by atomic mass is 10.1. The van der Waals surface area contributed by atoms with Crippen molar-refractivity contribution in [2.75, 3.05) is 21.2 Å². The van der Waals surface area contributed by atoms with Gasteiger partial charge in [-0.2, -0.15) is 0 Å². The normalized spacial score (nSPS) is 10.8. The van der Waals surface area contributed by atoms with Gasteiger partial charge in [0, 0.05) is 19.7 Å². The monoisotopic (exact) mass is 222 g/mol. The lowest BCUT2D eigenvalue weighted by molar-refractivity contribution is 0.281. The predicted molar refractivity (Wildman–Crippen MR) is 64.8 cm³/mol. The van der Waals surface area contributed by atoms with Crippen LogP contribution in [0.3, 0.4) is 0 Å². The number of rotatable bonds is 5. The van der Waals surface area contributed by atoms with Gasteiger partial charge in [0.2, 0.25) is 0 Å². The molecule has 4 nitrogen and oxygen atoms in total. The van der Waals surface area contributed by atoms with Gasteiger partial charge < -0.3 is 14.7 Å². The zero-order chi connectivity index (χ0) is 12.0. The zero-order valence-electron chi connectivity index (χ0n) is 9.97. The molecule has 0 fully saturated rings. The van der Waals surface area contributed by atoms with Crippen LogP contribution in [-0.4, -0.2) is 37.6 Å². The molecular formula is C12H18N2O2. The lowest BCUT2D eigenvalue weighted by Gasteiger charge is -2.08. The van der Waals surface area contributed by atoms with Crippen molar-refractivity contribution in [3.8, 4) is 5.75 Å². The molecule has 0 amide bonds. The minimum atomic E-state index is 0.0254. The van der Waals surface area contributed by atoms with Crippen LogP contribution in [0.25, 0.3) is 0 Å². The Kier molecular flexibility index (Phi) is 4.79. The molecule has 88 valence electrons. The Morgan fingerprint density at radius 2 is 2.19 bits per heavy atom. The molecule has 0 unspecified atom stereocenters. The largest absolute Gasteiger partial charge is 0.496 e. The number of benzene rings is 1. The highest BCUT2D eigenvalue weighted by molar-refractivity contribution is 5.54. The van der Waals surface area contributed by atoms with E-state index in [1.54, 1.807) is 13.4 Å². The number of aliphatic hydroxyl groups is 1. The van der Waals surface area contributed by atoms with Gasteiger partial charge in [-0.05, 0) is 11.6 Å². The SMILES string of the molecule is COc1cc(CO)ccc1C/N=C/N(C)C. The summed E-state index contributed by atoms with van der Waals surface area (Å²) in [4.78, 5) is 6.15. The molecule has 0 aromatic heterocycles. The van der Waals surface area contributed by atoms with Gasteiger partial charge in [-0.15, -0.1) is 0 Å². The maximum Gasteiger partial charge on any atom is 0.124 e. The minimum Gasteiger partial charge on any atom is -0.496 e. The maximum atomic E-state index is 9.01. The quantitative estimate of drug-likeness (QED) is 0.603. The van der Waals surface area contributed by atoms with Crippen molar-refractivity contribution in [2.24, 2.45) is 4.99 Å². The summed E-state index contributed by atoms with van der Waals surface area (Å²) in [5, 5.41) is 9.01. The van der Waals surface area contributed by atoms with E-state index < -0.39 is 0 Å². The van der Waals surface area contributed by atoms with E-state index in [4.69, 9.17) is 9.84 Å². The summed E-state index contributed by atoms with van der Waals surface area (Å²) in [5.74, 6) is 0.766. The Balaban J connectivity index is 2.79. The number of aliphatic hydroxyl groups excluding tert-OH is 1. The second-order valence-electron chi connectivity index (χ2n) is 3.72. The van der Waals surface area contributed by atoms with Gasteiger partial charge in [0.1, 0.15) is 5.75 Å². The second-order valence-corrected chi connectivity index (χ2v) is 3.72. The summed E-state index contributed by atoms with van der Waals surface area (Å²) < 4.78 is 5.25. The molecule has 0 aliphatic rings. The van der Waals surface area contributed by atoms with Crippen molar-refractivity contribution in [1.29, 1.82) is 0 Å². The summed E-state index contributed by atoms with van der Waals surface area (Å²) in [6, 6.07) is 5.64. The molecule has 1 aromatic rings. The van der Waals surface area contributed by atoms with E-state index in [1.807, 2.05) is 37.2 Å². The van der Waals surface area contributed by atoms with Crippen LogP contribution in [0.5, 0.6) is 5.75 Å². The molecule has 0 spiro atoms. The van der Waals surface area contributed by atoms with Crippen molar-refractivity contribution in [3.05, 3.63) is 29.3 Å². The molecule has 0 heterocycles. The fourth-order valence-corrected chi connectivity index (χ4v) is 1.32. The molecule has 0 radical (unpaired) electrons. The van der Waals surface area contributed by atoms with Crippen LogP contribution >= 0.6 is 0 Å². The highest BCUT2D eigenvalue weighted by Crippen LogP contribution is 2.20. The van der Waals surface area contributed by atoms with Gasteiger partial charge in [-0.1, -0.05) is 12.1 Å². The summed E-state index contributed by atoms with van der Waals surface area (Å²) >= 11 is 0. The van der Waals surface area contributed by atoms with Gasteiger partial charge in [0.25, 0.3) is 0 Å². The fraction of sp³-hybridized carbons (Fsp3) is 0.417. The molecule has 0 atom stereocenters. The summed E-state index contributed by atoms with van der Waals surface area (Å²) in [5.41, 5.74) is 1.86. The van der Waals surface area contributed by atoms with Crippen LogP contribution in [0.1, 0.15) is 11.1 Å². The molecule has 1 aromatic carbocycles. The molecule has 0 saturated heterocycles. The highest BCUT2D eigenvalue weighted by atomic mass is 16.5. The molecule has 0 aliphatic carbocycles. The topological polar surface area (TPSA) is 45.1 Å². The standard InChI is InChI=1S/C12H18N2O2/c1-14(2)9-13-7-11-5-4-10(8-15)6-12(11)16-3/h4-6,9,15H,7-8H2,1-3H3/b13-9+. The van der Waals surface area contributed by atoms with E-state index in [2.05, 4.69) is 4.99 Å². The molecular weight excluding hydrogens is 204 g/mol. The van der Waals surface area contributed by atoms with Gasteiger partial charge in [0.05, 0.1) is 26.6 Å². The van der Waals surface area contributed by atoms with Crippen molar-refractivity contribution < 1.29 is 9.84 Å². The summed E-state index contributed by atoms with van der Waals surface area (Å²) in [6.07, 6.45) is 1.76. The number of nitrogens with zero attached hydrogens (tertiary/aromatic N) is 2. The van der Waals surface area contributed by atoms with Crippen LogP contribution in [0.15, 0.2) is 23.2 Å². The second kappa shape index (κ2) is 6.12. The molecule has 16 heavy (non-hydrogen) atoms. The van der Waals surface area contributed by atoms with Gasteiger partial charge in [0.15, 0.2) is 0 Å². The van der Waals surface area contributed by atoms with Crippen LogP contribution in [0, 0.1) is 0 Å². The average molecular weight is 222 g/mol. The first kappa shape index (κ1) is 12.5. The maximum absolute atomic E-state index is 9.01. The third-order valence-corrected chi connectivity index (χ3v) is 2.11. The number of ether oxygens (including phenoxy) is 1. The Hall–Kier alpha value is -1.55. The average Bonchev–Trinajstić information content (AvgIpc) is 2.29. The molecule has 0 aliphatic heterocycles. The van der Waals surface area contributed by atoms with Gasteiger partial charge in [-0.3, -0.25) is 4.99 Å². The van der Waals surface area contributed by atoms with Crippen LogP contribution < -0.4 is 4.74 Å². The minimum absolute atomic E-state index is 0.0254. The first-order valence-corrected chi connectivity index (χ1v) is 5.10. The smallest absolute Gasteiger partial charge is 0.124 e. The van der Waals surface area contributed by atoms with E-state index in [1.165, 1.54) is 0 Å².